The van der Waals surface area contributed by atoms with E-state index in [1.165, 1.54) is 10.4 Å². The van der Waals surface area contributed by atoms with Crippen molar-refractivity contribution in [2.75, 3.05) is 0 Å². The van der Waals surface area contributed by atoms with Crippen LogP contribution in [-0.4, -0.2) is 13.9 Å². The molecule has 2 rings (SSSR count). The maximum absolute atomic E-state index is 6.69. The van der Waals surface area contributed by atoms with Crippen molar-refractivity contribution >= 4 is 18.7 Å². The Morgan fingerprint density at radius 2 is 1.20 bits per heavy atom. The molecular weight excluding hydrogens is 260 g/mol. The highest BCUT2D eigenvalue weighted by atomic mass is 28.4. The molecular formula is C18H24OSi. The summed E-state index contributed by atoms with van der Waals surface area (Å²) in [6.45, 7) is 8.70. The van der Waals surface area contributed by atoms with E-state index in [9.17, 15) is 0 Å². The molecule has 0 aromatic heterocycles. The lowest BCUT2D eigenvalue weighted by atomic mass is 10.2. The fourth-order valence-electron chi connectivity index (χ4n) is 2.70. The minimum absolute atomic E-state index is 0.145. The third kappa shape index (κ3) is 3.19. The molecule has 0 radical (unpaired) electrons. The van der Waals surface area contributed by atoms with Crippen LogP contribution in [0.1, 0.15) is 27.7 Å². The molecule has 2 aromatic carbocycles. The van der Waals surface area contributed by atoms with Crippen molar-refractivity contribution < 1.29 is 4.43 Å². The zero-order valence-electron chi connectivity index (χ0n) is 12.9. The van der Waals surface area contributed by atoms with Gasteiger partial charge in [0.1, 0.15) is 0 Å². The Balaban J connectivity index is 2.58. The number of rotatable bonds is 4. The monoisotopic (exact) mass is 284 g/mol. The summed E-state index contributed by atoms with van der Waals surface area (Å²) in [6, 6.07) is 22.5. The van der Waals surface area contributed by atoms with E-state index in [-0.39, 0.29) is 5.60 Å². The third-order valence-electron chi connectivity index (χ3n) is 3.46. The Kier molecular flexibility index (Phi) is 4.46. The lowest BCUT2D eigenvalue weighted by Gasteiger charge is -2.38. The van der Waals surface area contributed by atoms with E-state index >= 15 is 0 Å². The average Bonchev–Trinajstić information content (AvgIpc) is 2.46. The predicted molar refractivity (Wildman–Crippen MR) is 89.2 cm³/mol. The minimum Gasteiger partial charge on any atom is -0.403 e. The topological polar surface area (TPSA) is 9.23 Å². The zero-order chi connectivity index (χ0) is 14.6. The molecule has 1 nitrogen and oxygen atoms in total. The summed E-state index contributed by atoms with van der Waals surface area (Å²) in [4.78, 5) is 0. The molecule has 0 N–H and O–H groups in total. The molecule has 2 aromatic rings. The van der Waals surface area contributed by atoms with Crippen LogP contribution in [-0.2, 0) is 4.43 Å². The van der Waals surface area contributed by atoms with E-state index in [2.05, 4.69) is 88.4 Å². The summed E-state index contributed by atoms with van der Waals surface area (Å²) in [7, 11) is -2.16. The maximum Gasteiger partial charge on any atom is 0.256 e. The number of benzene rings is 2. The summed E-state index contributed by atoms with van der Waals surface area (Å²) in [6.07, 6.45) is 0. The molecule has 0 unspecified atom stereocenters. The van der Waals surface area contributed by atoms with Crippen molar-refractivity contribution in [3.8, 4) is 0 Å². The van der Waals surface area contributed by atoms with Gasteiger partial charge in [-0.25, -0.2) is 0 Å². The molecule has 0 atom stereocenters. The van der Waals surface area contributed by atoms with Gasteiger partial charge in [-0.2, -0.15) is 0 Å². The van der Waals surface area contributed by atoms with Gasteiger partial charge < -0.3 is 4.43 Å². The lowest BCUT2D eigenvalue weighted by Crippen LogP contribution is -2.63. The summed E-state index contributed by atoms with van der Waals surface area (Å²) in [5, 5.41) is 2.70. The highest BCUT2D eigenvalue weighted by molar-refractivity contribution is 6.97. The van der Waals surface area contributed by atoms with Gasteiger partial charge >= 0.3 is 0 Å². The standard InChI is InChI=1S/C18H24OSi/c1-5-20(19-18(2,3)4,16-12-8-6-9-13-16)17-14-10-7-11-15-17/h6-15H,5H2,1-4H3. The highest BCUT2D eigenvalue weighted by Crippen LogP contribution is 2.20. The van der Waals surface area contributed by atoms with Crippen molar-refractivity contribution in [2.45, 2.75) is 39.3 Å². The Morgan fingerprint density at radius 1 is 0.800 bits per heavy atom. The number of hydrogen-bond donors (Lipinski definition) is 0. The SMILES string of the molecule is CC[Si](OC(C)(C)C)(c1ccccc1)c1ccccc1. The molecule has 0 aliphatic carbocycles. The van der Waals surface area contributed by atoms with Gasteiger partial charge in [0.15, 0.2) is 0 Å². The second-order valence-electron chi connectivity index (χ2n) is 6.13. The first-order valence-corrected chi connectivity index (χ1v) is 9.41. The lowest BCUT2D eigenvalue weighted by molar-refractivity contribution is 0.125. The van der Waals surface area contributed by atoms with E-state index in [0.29, 0.717) is 0 Å². The molecule has 0 saturated carbocycles. The highest BCUT2D eigenvalue weighted by Gasteiger charge is 2.40. The van der Waals surface area contributed by atoms with Gasteiger partial charge in [0.05, 0.1) is 0 Å². The molecule has 0 aliphatic rings. The summed E-state index contributed by atoms with van der Waals surface area (Å²) in [5.74, 6) is 0. The van der Waals surface area contributed by atoms with Crippen LogP contribution >= 0.6 is 0 Å². The maximum atomic E-state index is 6.69. The second kappa shape index (κ2) is 5.94. The number of hydrogen-bond acceptors (Lipinski definition) is 1. The van der Waals surface area contributed by atoms with E-state index in [1.54, 1.807) is 0 Å². The summed E-state index contributed by atoms with van der Waals surface area (Å²) in [5.41, 5.74) is -0.145. The first-order chi connectivity index (χ1) is 9.48. The van der Waals surface area contributed by atoms with Gasteiger partial charge in [0.25, 0.3) is 8.32 Å². The van der Waals surface area contributed by atoms with Crippen molar-refractivity contribution in [2.24, 2.45) is 0 Å². The molecule has 0 fully saturated rings. The van der Waals surface area contributed by atoms with E-state index in [4.69, 9.17) is 4.43 Å². The van der Waals surface area contributed by atoms with Crippen LogP contribution in [0, 0.1) is 0 Å². The Morgan fingerprint density at radius 3 is 1.50 bits per heavy atom. The largest absolute Gasteiger partial charge is 0.403 e. The molecule has 0 bridgehead atoms. The van der Waals surface area contributed by atoms with Gasteiger partial charge in [-0.1, -0.05) is 67.6 Å². The third-order valence-corrected chi connectivity index (χ3v) is 7.95. The van der Waals surface area contributed by atoms with Gasteiger partial charge in [0.2, 0.25) is 0 Å². The molecule has 0 heterocycles. The van der Waals surface area contributed by atoms with Crippen LogP contribution in [0.3, 0.4) is 0 Å². The van der Waals surface area contributed by atoms with Crippen molar-refractivity contribution in [1.29, 1.82) is 0 Å². The van der Waals surface area contributed by atoms with Crippen molar-refractivity contribution in [3.05, 3.63) is 60.7 Å². The van der Waals surface area contributed by atoms with Crippen molar-refractivity contribution in [3.63, 3.8) is 0 Å². The molecule has 20 heavy (non-hydrogen) atoms. The van der Waals surface area contributed by atoms with Crippen LogP contribution in [0.5, 0.6) is 0 Å². The van der Waals surface area contributed by atoms with Gasteiger partial charge in [-0.3, -0.25) is 0 Å². The summed E-state index contributed by atoms with van der Waals surface area (Å²) >= 11 is 0. The average molecular weight is 284 g/mol. The normalized spacial score (nSPS) is 12.4. The second-order valence-corrected chi connectivity index (χ2v) is 9.85. The molecule has 0 saturated heterocycles. The zero-order valence-corrected chi connectivity index (χ0v) is 13.9. The van der Waals surface area contributed by atoms with Gasteiger partial charge in [0, 0.05) is 5.60 Å². The van der Waals surface area contributed by atoms with E-state index < -0.39 is 8.32 Å². The molecule has 0 spiro atoms. The fraction of sp³-hybridized carbons (Fsp3) is 0.333. The van der Waals surface area contributed by atoms with Crippen LogP contribution in [0.4, 0.5) is 0 Å². The summed E-state index contributed by atoms with van der Waals surface area (Å²) < 4.78 is 6.69. The van der Waals surface area contributed by atoms with Gasteiger partial charge in [-0.05, 0) is 37.2 Å². The Labute approximate surface area is 123 Å². The van der Waals surface area contributed by atoms with E-state index in [1.807, 2.05) is 0 Å². The van der Waals surface area contributed by atoms with Crippen LogP contribution in [0.25, 0.3) is 0 Å². The van der Waals surface area contributed by atoms with Crippen LogP contribution < -0.4 is 10.4 Å². The smallest absolute Gasteiger partial charge is 0.256 e. The Hall–Kier alpha value is -1.38. The molecule has 0 amide bonds. The van der Waals surface area contributed by atoms with Crippen LogP contribution in [0.2, 0.25) is 6.04 Å². The first-order valence-electron chi connectivity index (χ1n) is 7.29. The molecule has 2 heteroatoms. The first kappa shape index (κ1) is 15.0. The van der Waals surface area contributed by atoms with E-state index in [0.717, 1.165) is 6.04 Å². The van der Waals surface area contributed by atoms with Crippen LogP contribution in [0.15, 0.2) is 60.7 Å². The predicted octanol–water partition coefficient (Wildman–Crippen LogP) is 3.58. The minimum atomic E-state index is -2.16. The Bertz CT molecular complexity index is 489. The quantitative estimate of drug-likeness (QED) is 0.780. The van der Waals surface area contributed by atoms with Crippen molar-refractivity contribution in [1.82, 2.24) is 0 Å². The van der Waals surface area contributed by atoms with Gasteiger partial charge in [-0.15, -0.1) is 0 Å². The fourth-order valence-corrected chi connectivity index (χ4v) is 6.74. The molecule has 0 aliphatic heterocycles. The molecule has 106 valence electrons.